The monoisotopic (exact) mass is 284 g/mol. The zero-order valence-corrected chi connectivity index (χ0v) is 10.9. The fourth-order valence-corrected chi connectivity index (χ4v) is 2.29. The molecule has 1 aliphatic heterocycles. The Labute approximate surface area is 114 Å². The molecule has 1 saturated heterocycles. The average Bonchev–Trinajstić information content (AvgIpc) is 2.40. The molecule has 1 aromatic rings. The number of carbonyl (C=O) groups is 1. The van der Waals surface area contributed by atoms with Gasteiger partial charge in [-0.3, -0.25) is 4.79 Å². The van der Waals surface area contributed by atoms with Gasteiger partial charge in [-0.1, -0.05) is 23.2 Å². The highest BCUT2D eigenvalue weighted by molar-refractivity contribution is 6.34. The van der Waals surface area contributed by atoms with Crippen molar-refractivity contribution in [1.82, 2.24) is 15.1 Å². The van der Waals surface area contributed by atoms with Crippen LogP contribution in [-0.2, 0) is 0 Å². The van der Waals surface area contributed by atoms with Gasteiger partial charge < -0.3 is 4.90 Å². The van der Waals surface area contributed by atoms with Crippen LogP contribution in [0.2, 0.25) is 10.3 Å². The Morgan fingerprint density at radius 2 is 2.22 bits per heavy atom. The minimum Gasteiger partial charge on any atom is -0.323 e. The maximum atomic E-state index is 12.3. The SMILES string of the molecule is N#CC1CCCCN1C(=O)c1cc(Cl)nnc1Cl. The lowest BCUT2D eigenvalue weighted by molar-refractivity contribution is 0.0670. The van der Waals surface area contributed by atoms with E-state index in [4.69, 9.17) is 28.5 Å². The van der Waals surface area contributed by atoms with E-state index in [0.29, 0.717) is 13.0 Å². The molecule has 7 heteroatoms. The molecule has 2 rings (SSSR count). The van der Waals surface area contributed by atoms with Gasteiger partial charge in [0.2, 0.25) is 0 Å². The van der Waals surface area contributed by atoms with Crippen molar-refractivity contribution < 1.29 is 4.79 Å². The van der Waals surface area contributed by atoms with Gasteiger partial charge in [0, 0.05) is 6.54 Å². The third-order valence-electron chi connectivity index (χ3n) is 2.86. The van der Waals surface area contributed by atoms with Crippen LogP contribution >= 0.6 is 23.2 Å². The van der Waals surface area contributed by atoms with Gasteiger partial charge >= 0.3 is 0 Å². The van der Waals surface area contributed by atoms with Crippen LogP contribution in [0, 0.1) is 11.3 Å². The molecule has 1 unspecified atom stereocenters. The first-order valence-electron chi connectivity index (χ1n) is 5.53. The van der Waals surface area contributed by atoms with Crippen LogP contribution < -0.4 is 0 Å². The second-order valence-corrected chi connectivity index (χ2v) is 4.76. The number of hydrogen-bond donors (Lipinski definition) is 0. The summed E-state index contributed by atoms with van der Waals surface area (Å²) >= 11 is 11.5. The lowest BCUT2D eigenvalue weighted by Gasteiger charge is -2.31. The van der Waals surface area contributed by atoms with Crippen molar-refractivity contribution >= 4 is 29.1 Å². The third kappa shape index (κ3) is 2.55. The Bertz CT molecular complexity index is 514. The molecule has 1 atom stereocenters. The minimum absolute atomic E-state index is 0.00617. The fourth-order valence-electron chi connectivity index (χ4n) is 1.97. The molecule has 1 amide bonds. The molecule has 1 aliphatic rings. The van der Waals surface area contributed by atoms with E-state index < -0.39 is 6.04 Å². The highest BCUT2D eigenvalue weighted by Gasteiger charge is 2.29. The summed E-state index contributed by atoms with van der Waals surface area (Å²) < 4.78 is 0. The van der Waals surface area contributed by atoms with Crippen LogP contribution in [0.15, 0.2) is 6.07 Å². The molecule has 0 aliphatic carbocycles. The van der Waals surface area contributed by atoms with Crippen molar-refractivity contribution in [2.24, 2.45) is 0 Å². The fraction of sp³-hybridized carbons (Fsp3) is 0.455. The topological polar surface area (TPSA) is 69.9 Å². The summed E-state index contributed by atoms with van der Waals surface area (Å²) in [6.07, 6.45) is 2.52. The molecule has 2 heterocycles. The second-order valence-electron chi connectivity index (χ2n) is 4.01. The number of hydrogen-bond acceptors (Lipinski definition) is 4. The normalized spacial score (nSPS) is 19.4. The van der Waals surface area contributed by atoms with Crippen LogP contribution in [0.4, 0.5) is 0 Å². The van der Waals surface area contributed by atoms with Crippen molar-refractivity contribution in [1.29, 1.82) is 5.26 Å². The Balaban J connectivity index is 2.30. The quantitative estimate of drug-likeness (QED) is 0.793. The molecule has 0 bridgehead atoms. The van der Waals surface area contributed by atoms with E-state index in [-0.39, 0.29) is 21.8 Å². The van der Waals surface area contributed by atoms with E-state index in [1.54, 1.807) is 0 Å². The first kappa shape index (κ1) is 13.1. The van der Waals surface area contributed by atoms with Gasteiger partial charge in [-0.05, 0) is 25.3 Å². The Morgan fingerprint density at radius 3 is 2.94 bits per heavy atom. The number of carbonyl (C=O) groups excluding carboxylic acids is 1. The maximum Gasteiger partial charge on any atom is 0.258 e. The molecule has 1 aromatic heterocycles. The average molecular weight is 285 g/mol. The molecule has 5 nitrogen and oxygen atoms in total. The minimum atomic E-state index is -0.408. The van der Waals surface area contributed by atoms with Crippen LogP contribution in [-0.4, -0.2) is 33.6 Å². The van der Waals surface area contributed by atoms with E-state index >= 15 is 0 Å². The van der Waals surface area contributed by atoms with Crippen molar-refractivity contribution in [3.05, 3.63) is 21.9 Å². The predicted molar refractivity (Wildman–Crippen MR) is 66.3 cm³/mol. The van der Waals surface area contributed by atoms with E-state index in [1.165, 1.54) is 11.0 Å². The van der Waals surface area contributed by atoms with Gasteiger partial charge in [-0.2, -0.15) is 5.26 Å². The van der Waals surface area contributed by atoms with E-state index in [1.807, 2.05) is 0 Å². The number of rotatable bonds is 1. The van der Waals surface area contributed by atoms with Gasteiger partial charge in [-0.25, -0.2) is 0 Å². The Morgan fingerprint density at radius 1 is 1.44 bits per heavy atom. The van der Waals surface area contributed by atoms with Gasteiger partial charge in [0.05, 0.1) is 11.6 Å². The number of halogens is 2. The first-order chi connectivity index (χ1) is 8.63. The maximum absolute atomic E-state index is 12.3. The van der Waals surface area contributed by atoms with Crippen LogP contribution in [0.1, 0.15) is 29.6 Å². The summed E-state index contributed by atoms with van der Waals surface area (Å²) in [4.78, 5) is 13.8. The van der Waals surface area contributed by atoms with Gasteiger partial charge in [0.25, 0.3) is 5.91 Å². The zero-order valence-electron chi connectivity index (χ0n) is 9.44. The van der Waals surface area contributed by atoms with Gasteiger partial charge in [0.15, 0.2) is 10.3 Å². The molecular formula is C11H10Cl2N4O. The standard InChI is InChI=1S/C11H10Cl2N4O/c12-9-5-8(10(13)16-15-9)11(18)17-4-2-1-3-7(17)6-14/h5,7H,1-4H2. The number of nitriles is 1. The van der Waals surface area contributed by atoms with Crippen molar-refractivity contribution in [3.8, 4) is 6.07 Å². The summed E-state index contributed by atoms with van der Waals surface area (Å²) in [6, 6.07) is 3.10. The van der Waals surface area contributed by atoms with Crippen LogP contribution in [0.3, 0.4) is 0 Å². The lowest BCUT2D eigenvalue weighted by atomic mass is 10.0. The Kier molecular flexibility index (Phi) is 4.00. The molecular weight excluding hydrogens is 275 g/mol. The third-order valence-corrected chi connectivity index (χ3v) is 3.33. The second kappa shape index (κ2) is 5.51. The molecule has 1 fully saturated rings. The van der Waals surface area contributed by atoms with Gasteiger partial charge in [-0.15, -0.1) is 10.2 Å². The first-order valence-corrected chi connectivity index (χ1v) is 6.28. The highest BCUT2D eigenvalue weighted by Crippen LogP contribution is 2.23. The predicted octanol–water partition coefficient (Wildman–Crippen LogP) is 2.30. The number of nitrogens with zero attached hydrogens (tertiary/aromatic N) is 4. The molecule has 94 valence electrons. The summed E-state index contributed by atoms with van der Waals surface area (Å²) in [5.41, 5.74) is 0.193. The summed E-state index contributed by atoms with van der Waals surface area (Å²) in [6.45, 7) is 0.549. The Hall–Kier alpha value is -1.38. The number of aromatic nitrogens is 2. The highest BCUT2D eigenvalue weighted by atomic mass is 35.5. The lowest BCUT2D eigenvalue weighted by Crippen LogP contribution is -2.43. The largest absolute Gasteiger partial charge is 0.323 e. The molecule has 18 heavy (non-hydrogen) atoms. The van der Waals surface area contributed by atoms with Gasteiger partial charge in [0.1, 0.15) is 6.04 Å². The van der Waals surface area contributed by atoms with Crippen molar-refractivity contribution in [3.63, 3.8) is 0 Å². The molecule has 0 radical (unpaired) electrons. The number of likely N-dealkylation sites (tertiary alicyclic amines) is 1. The molecule has 0 spiro atoms. The van der Waals surface area contributed by atoms with Crippen molar-refractivity contribution in [2.75, 3.05) is 6.54 Å². The van der Waals surface area contributed by atoms with Crippen LogP contribution in [0.5, 0.6) is 0 Å². The van der Waals surface area contributed by atoms with E-state index in [9.17, 15) is 4.79 Å². The van der Waals surface area contributed by atoms with Crippen molar-refractivity contribution in [2.45, 2.75) is 25.3 Å². The molecule has 0 saturated carbocycles. The summed E-state index contributed by atoms with van der Waals surface area (Å²) in [5.74, 6) is -0.317. The number of piperidine rings is 1. The zero-order chi connectivity index (χ0) is 13.1. The van der Waals surface area contributed by atoms with E-state index in [0.717, 1.165) is 12.8 Å². The summed E-state index contributed by atoms with van der Waals surface area (Å²) in [5, 5.41) is 16.3. The van der Waals surface area contributed by atoms with Crippen LogP contribution in [0.25, 0.3) is 0 Å². The number of amides is 1. The van der Waals surface area contributed by atoms with E-state index in [2.05, 4.69) is 16.3 Å². The molecule has 0 aromatic carbocycles. The molecule has 0 N–H and O–H groups in total. The summed E-state index contributed by atoms with van der Waals surface area (Å²) in [7, 11) is 0. The smallest absolute Gasteiger partial charge is 0.258 e.